The van der Waals surface area contributed by atoms with Gasteiger partial charge in [-0.25, -0.2) is 4.98 Å². The number of nitrogens with one attached hydrogen (secondary N) is 2. The molecule has 27 heavy (non-hydrogen) atoms. The molecule has 0 aliphatic heterocycles. The molecule has 10 heteroatoms. The Morgan fingerprint density at radius 3 is 2.56 bits per heavy atom. The Hall–Kier alpha value is -2.91. The predicted molar refractivity (Wildman–Crippen MR) is 93.3 cm³/mol. The molecule has 144 valence electrons. The number of rotatable bonds is 6. The minimum Gasteiger partial charge on any atom is -0.366 e. The molecule has 0 radical (unpaired) electrons. The maximum Gasteiger partial charge on any atom is 0.433 e. The van der Waals surface area contributed by atoms with E-state index in [4.69, 9.17) is 0 Å². The van der Waals surface area contributed by atoms with Crippen molar-refractivity contribution in [3.63, 3.8) is 0 Å². The third-order valence-electron chi connectivity index (χ3n) is 4.35. The molecular weight excluding hydrogens is 363 g/mol. The number of halogens is 3. The lowest BCUT2D eigenvalue weighted by Gasteiger charge is -2.15. The van der Waals surface area contributed by atoms with E-state index < -0.39 is 16.8 Å². The first-order valence-electron chi connectivity index (χ1n) is 8.52. The molecule has 0 bridgehead atoms. The number of nitrogens with zero attached hydrogens (tertiary/aromatic N) is 3. The summed E-state index contributed by atoms with van der Waals surface area (Å²) in [5.74, 6) is -0.141. The lowest BCUT2D eigenvalue weighted by Crippen LogP contribution is -2.19. The number of para-hydroxylation sites is 1. The normalized spacial score (nSPS) is 14.9. The Balaban J connectivity index is 1.82. The molecule has 7 nitrogen and oxygen atoms in total. The molecule has 1 fully saturated rings. The molecule has 0 unspecified atom stereocenters. The van der Waals surface area contributed by atoms with Crippen molar-refractivity contribution in [2.24, 2.45) is 0 Å². The van der Waals surface area contributed by atoms with Gasteiger partial charge in [0, 0.05) is 30.3 Å². The van der Waals surface area contributed by atoms with Gasteiger partial charge in [0.2, 0.25) is 5.95 Å². The summed E-state index contributed by atoms with van der Waals surface area (Å²) in [6, 6.07) is 6.88. The summed E-state index contributed by atoms with van der Waals surface area (Å²) >= 11 is 0. The summed E-state index contributed by atoms with van der Waals surface area (Å²) in [7, 11) is 0. The average Bonchev–Trinajstić information content (AvgIpc) is 3.12. The van der Waals surface area contributed by atoms with Crippen molar-refractivity contribution in [3.8, 4) is 0 Å². The van der Waals surface area contributed by atoms with E-state index in [1.807, 2.05) is 0 Å². The summed E-state index contributed by atoms with van der Waals surface area (Å²) in [6.07, 6.45) is -0.875. The Labute approximate surface area is 153 Å². The summed E-state index contributed by atoms with van der Waals surface area (Å²) in [5.41, 5.74) is -0.831. The van der Waals surface area contributed by atoms with Gasteiger partial charge in [-0.05, 0) is 12.8 Å². The zero-order valence-electron chi connectivity index (χ0n) is 14.3. The van der Waals surface area contributed by atoms with Crippen molar-refractivity contribution in [1.29, 1.82) is 0 Å². The third kappa shape index (κ3) is 4.83. The minimum atomic E-state index is -4.62. The predicted octanol–water partition coefficient (Wildman–Crippen LogP) is 4.37. The van der Waals surface area contributed by atoms with E-state index in [0.717, 1.165) is 31.7 Å². The molecule has 0 spiro atoms. The fraction of sp³-hybridized carbons (Fsp3) is 0.412. The van der Waals surface area contributed by atoms with E-state index in [-0.39, 0.29) is 30.0 Å². The smallest absolute Gasteiger partial charge is 0.366 e. The zero-order chi connectivity index (χ0) is 19.4. The Morgan fingerprint density at radius 2 is 1.89 bits per heavy atom. The first-order chi connectivity index (χ1) is 12.8. The van der Waals surface area contributed by atoms with Gasteiger partial charge in [-0.2, -0.15) is 18.2 Å². The van der Waals surface area contributed by atoms with Gasteiger partial charge in [0.1, 0.15) is 5.82 Å². The molecule has 2 aromatic rings. The topological polar surface area (TPSA) is 93.0 Å². The van der Waals surface area contributed by atoms with Gasteiger partial charge in [-0.1, -0.05) is 31.0 Å². The summed E-state index contributed by atoms with van der Waals surface area (Å²) in [6.45, 7) is -0.0334. The lowest BCUT2D eigenvalue weighted by molar-refractivity contribution is -0.385. The van der Waals surface area contributed by atoms with Crippen molar-refractivity contribution >= 4 is 17.5 Å². The number of anilines is 2. The van der Waals surface area contributed by atoms with Crippen LogP contribution in [-0.2, 0) is 12.7 Å². The standard InChI is InChI=1S/C17H18F3N5O2/c18-17(19,20)14-9-15(24-16(23-14)22-12-6-2-3-7-12)21-10-11-5-1-4-8-13(11)25(26)27/h1,4-5,8-9,12H,2-3,6-7,10H2,(H2,21,22,23,24). The van der Waals surface area contributed by atoms with Crippen molar-refractivity contribution in [2.75, 3.05) is 10.6 Å². The second-order valence-corrected chi connectivity index (χ2v) is 6.32. The van der Waals surface area contributed by atoms with E-state index in [0.29, 0.717) is 5.56 Å². The van der Waals surface area contributed by atoms with Crippen LogP contribution < -0.4 is 10.6 Å². The number of nitro groups is 1. The fourth-order valence-electron chi connectivity index (χ4n) is 3.02. The SMILES string of the molecule is O=[N+]([O-])c1ccccc1CNc1cc(C(F)(F)F)nc(NC2CCCC2)n1. The van der Waals surface area contributed by atoms with Crippen LogP contribution in [0.15, 0.2) is 30.3 Å². The molecule has 3 rings (SSSR count). The number of hydrogen-bond donors (Lipinski definition) is 2. The highest BCUT2D eigenvalue weighted by atomic mass is 19.4. The van der Waals surface area contributed by atoms with Crippen LogP contribution in [0.4, 0.5) is 30.6 Å². The molecule has 1 aliphatic rings. The van der Waals surface area contributed by atoms with Crippen molar-refractivity contribution < 1.29 is 18.1 Å². The molecule has 1 heterocycles. The minimum absolute atomic E-state index is 0.0334. The highest BCUT2D eigenvalue weighted by molar-refractivity contribution is 5.47. The van der Waals surface area contributed by atoms with Crippen LogP contribution in [0.1, 0.15) is 36.9 Å². The zero-order valence-corrected chi connectivity index (χ0v) is 14.3. The van der Waals surface area contributed by atoms with E-state index in [2.05, 4.69) is 20.6 Å². The summed E-state index contributed by atoms with van der Waals surface area (Å²) in [5, 5.41) is 16.7. The van der Waals surface area contributed by atoms with Gasteiger partial charge in [0.25, 0.3) is 5.69 Å². The van der Waals surface area contributed by atoms with Crippen molar-refractivity contribution in [1.82, 2.24) is 9.97 Å². The molecule has 1 saturated carbocycles. The van der Waals surface area contributed by atoms with Crippen molar-refractivity contribution in [3.05, 3.63) is 51.7 Å². The number of aromatic nitrogens is 2. The van der Waals surface area contributed by atoms with Crippen molar-refractivity contribution in [2.45, 2.75) is 44.4 Å². The summed E-state index contributed by atoms with van der Waals surface area (Å²) in [4.78, 5) is 18.2. The molecule has 0 amide bonds. The van der Waals surface area contributed by atoms with Crippen LogP contribution in [0.2, 0.25) is 0 Å². The lowest BCUT2D eigenvalue weighted by atomic mass is 10.2. The monoisotopic (exact) mass is 381 g/mol. The fourth-order valence-corrected chi connectivity index (χ4v) is 3.02. The highest BCUT2D eigenvalue weighted by Gasteiger charge is 2.34. The van der Waals surface area contributed by atoms with Crippen LogP contribution in [-0.4, -0.2) is 20.9 Å². The van der Waals surface area contributed by atoms with Crippen LogP contribution in [0, 0.1) is 10.1 Å². The number of hydrogen-bond acceptors (Lipinski definition) is 6. The maximum absolute atomic E-state index is 13.2. The Morgan fingerprint density at radius 1 is 1.19 bits per heavy atom. The molecular formula is C17H18F3N5O2. The first kappa shape index (κ1) is 18.9. The summed E-state index contributed by atoms with van der Waals surface area (Å²) < 4.78 is 39.5. The molecule has 2 N–H and O–H groups in total. The Bertz CT molecular complexity index is 822. The molecule has 0 saturated heterocycles. The van der Waals surface area contributed by atoms with Gasteiger partial charge < -0.3 is 10.6 Å². The molecule has 1 aromatic heterocycles. The second kappa shape index (κ2) is 7.77. The first-order valence-corrected chi connectivity index (χ1v) is 8.52. The van der Waals surface area contributed by atoms with E-state index >= 15 is 0 Å². The van der Waals surface area contributed by atoms with Crippen LogP contribution in [0.25, 0.3) is 0 Å². The van der Waals surface area contributed by atoms with Gasteiger partial charge in [0.05, 0.1) is 4.92 Å². The molecule has 1 aromatic carbocycles. The van der Waals surface area contributed by atoms with E-state index in [1.54, 1.807) is 6.07 Å². The Kier molecular flexibility index (Phi) is 5.43. The van der Waals surface area contributed by atoms with Crippen LogP contribution >= 0.6 is 0 Å². The highest BCUT2D eigenvalue weighted by Crippen LogP contribution is 2.31. The van der Waals surface area contributed by atoms with Gasteiger partial charge in [-0.3, -0.25) is 10.1 Å². The molecule has 1 aliphatic carbocycles. The van der Waals surface area contributed by atoms with E-state index in [9.17, 15) is 23.3 Å². The van der Waals surface area contributed by atoms with Gasteiger partial charge in [-0.15, -0.1) is 0 Å². The van der Waals surface area contributed by atoms with Gasteiger partial charge >= 0.3 is 6.18 Å². The quantitative estimate of drug-likeness (QED) is 0.570. The van der Waals surface area contributed by atoms with E-state index in [1.165, 1.54) is 18.2 Å². The second-order valence-electron chi connectivity index (χ2n) is 6.32. The van der Waals surface area contributed by atoms with Crippen LogP contribution in [0.3, 0.4) is 0 Å². The largest absolute Gasteiger partial charge is 0.433 e. The van der Waals surface area contributed by atoms with Gasteiger partial charge in [0.15, 0.2) is 5.69 Å². The number of nitro benzene ring substituents is 1. The maximum atomic E-state index is 13.2. The van der Waals surface area contributed by atoms with Crippen LogP contribution in [0.5, 0.6) is 0 Å². The molecule has 0 atom stereocenters. The average molecular weight is 381 g/mol. The number of benzene rings is 1. The number of alkyl halides is 3. The third-order valence-corrected chi connectivity index (χ3v) is 4.35.